The highest BCUT2D eigenvalue weighted by molar-refractivity contribution is 7.89. The fraction of sp³-hybridized carbons (Fsp3) is 0.923. The number of hydrogen-bond donors (Lipinski definition) is 3. The number of hydrogen-bond acceptors (Lipinski definition) is 4. The molecule has 1 amide bonds. The fourth-order valence-corrected chi connectivity index (χ4v) is 3.61. The van der Waals surface area contributed by atoms with E-state index in [0.717, 1.165) is 32.4 Å². The van der Waals surface area contributed by atoms with Gasteiger partial charge in [-0.2, -0.15) is 0 Å². The molecule has 8 heteroatoms. The number of carbonyl (C=O) groups is 1. The summed E-state index contributed by atoms with van der Waals surface area (Å²) in [6, 6.07) is 0. The number of halogens is 1. The van der Waals surface area contributed by atoms with Crippen LogP contribution in [0, 0.1) is 11.3 Å². The second-order valence-electron chi connectivity index (χ2n) is 5.81. The fourth-order valence-electron chi connectivity index (χ4n) is 2.95. The first kappa shape index (κ1) is 18.7. The average Bonchev–Trinajstić information content (AvgIpc) is 3.12. The highest BCUT2D eigenvalue weighted by atomic mass is 35.5. The van der Waals surface area contributed by atoms with E-state index < -0.39 is 10.0 Å². The van der Waals surface area contributed by atoms with E-state index in [4.69, 9.17) is 0 Å². The molecule has 2 aliphatic rings. The first-order valence-corrected chi connectivity index (χ1v) is 9.10. The number of sulfonamides is 1. The summed E-state index contributed by atoms with van der Waals surface area (Å²) in [6.45, 7) is 4.56. The molecule has 1 saturated carbocycles. The van der Waals surface area contributed by atoms with Crippen molar-refractivity contribution in [1.29, 1.82) is 0 Å². The molecule has 124 valence electrons. The van der Waals surface area contributed by atoms with Gasteiger partial charge < -0.3 is 10.6 Å². The number of piperidine rings is 1. The minimum atomic E-state index is -3.12. The lowest BCUT2D eigenvalue weighted by Gasteiger charge is -2.23. The van der Waals surface area contributed by atoms with Crippen LogP contribution in [0.4, 0.5) is 0 Å². The maximum absolute atomic E-state index is 12.0. The Hall–Kier alpha value is -0.370. The van der Waals surface area contributed by atoms with Crippen molar-refractivity contribution in [3.63, 3.8) is 0 Å². The molecule has 1 unspecified atom stereocenters. The third-order valence-electron chi connectivity index (χ3n) is 4.46. The Bertz CT molecular complexity index is 450. The SMILES string of the molecule is CCS(=O)(=O)NCCCNC(=O)C1CC12CCNCC2.Cl. The van der Waals surface area contributed by atoms with Gasteiger partial charge in [-0.05, 0) is 51.1 Å². The summed E-state index contributed by atoms with van der Waals surface area (Å²) in [5.74, 6) is 0.417. The van der Waals surface area contributed by atoms with Gasteiger partial charge in [0.1, 0.15) is 0 Å². The van der Waals surface area contributed by atoms with E-state index in [1.165, 1.54) is 0 Å². The van der Waals surface area contributed by atoms with Crippen LogP contribution in [0.2, 0.25) is 0 Å². The summed E-state index contributed by atoms with van der Waals surface area (Å²) in [5.41, 5.74) is 0.263. The van der Waals surface area contributed by atoms with E-state index in [9.17, 15) is 13.2 Å². The summed E-state index contributed by atoms with van der Waals surface area (Å²) in [5, 5.41) is 6.25. The van der Waals surface area contributed by atoms with Crippen LogP contribution in [0.1, 0.15) is 32.6 Å². The molecule has 0 radical (unpaired) electrons. The lowest BCUT2D eigenvalue weighted by atomic mass is 9.92. The molecular formula is C13H26ClN3O3S. The summed E-state index contributed by atoms with van der Waals surface area (Å²) in [7, 11) is -3.12. The van der Waals surface area contributed by atoms with E-state index in [-0.39, 0.29) is 35.4 Å². The topological polar surface area (TPSA) is 87.3 Å². The van der Waals surface area contributed by atoms with E-state index in [1.807, 2.05) is 0 Å². The van der Waals surface area contributed by atoms with Crippen molar-refractivity contribution in [2.75, 3.05) is 31.9 Å². The standard InChI is InChI=1S/C13H25N3O3S.ClH/c1-2-20(18,19)16-7-3-6-15-12(17)11-10-13(11)4-8-14-9-5-13;/h11,14,16H,2-10H2,1H3,(H,15,17);1H. The lowest BCUT2D eigenvalue weighted by Crippen LogP contribution is -2.35. The molecule has 0 aromatic carbocycles. The molecule has 6 nitrogen and oxygen atoms in total. The number of amides is 1. The summed E-state index contributed by atoms with van der Waals surface area (Å²) < 4.78 is 24.9. The van der Waals surface area contributed by atoms with Gasteiger partial charge in [0.25, 0.3) is 0 Å². The van der Waals surface area contributed by atoms with Crippen molar-refractivity contribution in [1.82, 2.24) is 15.4 Å². The summed E-state index contributed by atoms with van der Waals surface area (Å²) >= 11 is 0. The number of carbonyl (C=O) groups excluding carboxylic acids is 1. The first-order chi connectivity index (χ1) is 9.49. The van der Waals surface area contributed by atoms with E-state index in [1.54, 1.807) is 6.92 Å². The van der Waals surface area contributed by atoms with Crippen LogP contribution in [-0.2, 0) is 14.8 Å². The second kappa shape index (κ2) is 7.76. The van der Waals surface area contributed by atoms with E-state index in [0.29, 0.717) is 19.5 Å². The number of rotatable bonds is 7. The minimum Gasteiger partial charge on any atom is -0.356 e. The van der Waals surface area contributed by atoms with Crippen LogP contribution in [0.25, 0.3) is 0 Å². The second-order valence-corrected chi connectivity index (χ2v) is 7.91. The van der Waals surface area contributed by atoms with Crippen molar-refractivity contribution in [3.8, 4) is 0 Å². The van der Waals surface area contributed by atoms with Gasteiger partial charge in [0.15, 0.2) is 0 Å². The van der Waals surface area contributed by atoms with Crippen molar-refractivity contribution in [2.24, 2.45) is 11.3 Å². The monoisotopic (exact) mass is 339 g/mol. The van der Waals surface area contributed by atoms with Crippen molar-refractivity contribution in [2.45, 2.75) is 32.6 Å². The lowest BCUT2D eigenvalue weighted by molar-refractivity contribution is -0.123. The maximum atomic E-state index is 12.0. The molecule has 1 aliphatic carbocycles. The van der Waals surface area contributed by atoms with Gasteiger partial charge in [-0.3, -0.25) is 4.79 Å². The molecule has 2 rings (SSSR count). The van der Waals surface area contributed by atoms with Crippen molar-refractivity contribution in [3.05, 3.63) is 0 Å². The normalized spacial score (nSPS) is 23.4. The van der Waals surface area contributed by atoms with Gasteiger partial charge in [0.05, 0.1) is 5.75 Å². The van der Waals surface area contributed by atoms with E-state index >= 15 is 0 Å². The maximum Gasteiger partial charge on any atom is 0.223 e. The Labute approximate surface area is 133 Å². The van der Waals surface area contributed by atoms with E-state index in [2.05, 4.69) is 15.4 Å². The highest BCUT2D eigenvalue weighted by Crippen LogP contribution is 2.58. The van der Waals surface area contributed by atoms with Gasteiger partial charge in [-0.1, -0.05) is 0 Å². The van der Waals surface area contributed by atoms with Gasteiger partial charge in [0.2, 0.25) is 15.9 Å². The molecule has 0 bridgehead atoms. The Morgan fingerprint density at radius 1 is 1.29 bits per heavy atom. The largest absolute Gasteiger partial charge is 0.356 e. The van der Waals surface area contributed by atoms with Crippen LogP contribution in [-0.4, -0.2) is 46.3 Å². The molecular weight excluding hydrogens is 314 g/mol. The smallest absolute Gasteiger partial charge is 0.223 e. The predicted molar refractivity (Wildman–Crippen MR) is 85.0 cm³/mol. The molecule has 21 heavy (non-hydrogen) atoms. The van der Waals surface area contributed by atoms with Crippen LogP contribution in [0.3, 0.4) is 0 Å². The van der Waals surface area contributed by atoms with Crippen LogP contribution < -0.4 is 15.4 Å². The minimum absolute atomic E-state index is 0. The zero-order valence-electron chi connectivity index (χ0n) is 12.5. The molecule has 1 saturated heterocycles. The zero-order valence-corrected chi connectivity index (χ0v) is 14.1. The van der Waals surface area contributed by atoms with Gasteiger partial charge in [-0.25, -0.2) is 13.1 Å². The molecule has 2 fully saturated rings. The Morgan fingerprint density at radius 2 is 1.95 bits per heavy atom. The summed E-state index contributed by atoms with van der Waals surface area (Å²) in [6.07, 6.45) is 3.85. The molecule has 0 aromatic heterocycles. The first-order valence-electron chi connectivity index (χ1n) is 7.45. The molecule has 1 aliphatic heterocycles. The van der Waals surface area contributed by atoms with Crippen LogP contribution in [0.15, 0.2) is 0 Å². The zero-order chi connectivity index (χ0) is 14.6. The Morgan fingerprint density at radius 3 is 2.57 bits per heavy atom. The number of nitrogens with one attached hydrogen (secondary N) is 3. The van der Waals surface area contributed by atoms with Crippen LogP contribution in [0.5, 0.6) is 0 Å². The predicted octanol–water partition coefficient (Wildman–Crippen LogP) is 0.244. The van der Waals surface area contributed by atoms with Gasteiger partial charge in [0, 0.05) is 19.0 Å². The third-order valence-corrected chi connectivity index (χ3v) is 5.86. The Kier molecular flexibility index (Phi) is 6.90. The van der Waals surface area contributed by atoms with Crippen LogP contribution >= 0.6 is 12.4 Å². The molecule has 1 spiro atoms. The third kappa shape index (κ3) is 5.09. The van der Waals surface area contributed by atoms with Crippen molar-refractivity contribution < 1.29 is 13.2 Å². The van der Waals surface area contributed by atoms with Gasteiger partial charge in [-0.15, -0.1) is 12.4 Å². The molecule has 1 heterocycles. The average molecular weight is 340 g/mol. The quantitative estimate of drug-likeness (QED) is 0.580. The van der Waals surface area contributed by atoms with Gasteiger partial charge >= 0.3 is 0 Å². The molecule has 0 aromatic rings. The summed E-state index contributed by atoms with van der Waals surface area (Å²) in [4.78, 5) is 12.0. The van der Waals surface area contributed by atoms with Crippen molar-refractivity contribution >= 4 is 28.3 Å². The highest BCUT2D eigenvalue weighted by Gasteiger charge is 2.57. The Balaban J connectivity index is 0.00000220. The molecule has 3 N–H and O–H groups in total. The molecule has 1 atom stereocenters.